The van der Waals surface area contributed by atoms with Crippen molar-refractivity contribution < 1.29 is 4.79 Å². The lowest BCUT2D eigenvalue weighted by Crippen LogP contribution is -2.07. The smallest absolute Gasteiger partial charge is 0.161 e. The van der Waals surface area contributed by atoms with Crippen LogP contribution in [0.15, 0.2) is 23.4 Å². The van der Waals surface area contributed by atoms with E-state index in [2.05, 4.69) is 13.8 Å². The van der Waals surface area contributed by atoms with Gasteiger partial charge in [0.1, 0.15) is 0 Å². The van der Waals surface area contributed by atoms with Gasteiger partial charge in [-0.2, -0.15) is 0 Å². The first kappa shape index (κ1) is 13.9. The van der Waals surface area contributed by atoms with Gasteiger partial charge in [-0.3, -0.25) is 4.79 Å². The Morgan fingerprint density at radius 3 is 2.20 bits per heavy atom. The van der Waals surface area contributed by atoms with Gasteiger partial charge in [0.2, 0.25) is 0 Å². The quantitative estimate of drug-likeness (QED) is 0.720. The van der Waals surface area contributed by atoms with E-state index >= 15 is 0 Å². The molecule has 0 aliphatic heterocycles. The molecule has 1 rings (SSSR count). The monoisotopic (exact) mass is 209 g/mol. The molecule has 2 nitrogen and oxygen atoms in total. The Kier molecular flexibility index (Phi) is 5.34. The number of Topliss-reactive ketones (excluding diaryl/α,β-unsaturated/α-hetero) is 1. The van der Waals surface area contributed by atoms with Crippen LogP contribution in [-0.2, 0) is 4.79 Å². The van der Waals surface area contributed by atoms with Gasteiger partial charge < -0.3 is 5.73 Å². The molecule has 2 heteroatoms. The summed E-state index contributed by atoms with van der Waals surface area (Å²) >= 11 is 0. The van der Waals surface area contributed by atoms with E-state index in [1.807, 2.05) is 26.0 Å². The maximum Gasteiger partial charge on any atom is 0.161 e. The maximum absolute atomic E-state index is 11.2. The summed E-state index contributed by atoms with van der Waals surface area (Å²) in [6, 6.07) is 0. The molecule has 0 heterocycles. The molecule has 0 bridgehead atoms. The molecule has 2 N–H and O–H groups in total. The van der Waals surface area contributed by atoms with E-state index in [0.717, 1.165) is 12.8 Å². The minimum absolute atomic E-state index is 0.0615. The number of nitrogens with two attached hydrogens (primary N) is 1. The summed E-state index contributed by atoms with van der Waals surface area (Å²) in [7, 11) is 0. The normalized spacial score (nSPS) is 19.0. The Morgan fingerprint density at radius 2 is 1.73 bits per heavy atom. The first-order valence-corrected chi connectivity index (χ1v) is 5.59. The predicted octanol–water partition coefficient (Wildman–Crippen LogP) is 3.19. The van der Waals surface area contributed by atoms with Crippen LogP contribution in [0, 0.1) is 5.41 Å². The fourth-order valence-corrected chi connectivity index (χ4v) is 1.42. The minimum atomic E-state index is 0.0615. The number of ketones is 1. The summed E-state index contributed by atoms with van der Waals surface area (Å²) in [5.74, 6) is 0.0615. The van der Waals surface area contributed by atoms with Crippen LogP contribution in [0.2, 0.25) is 0 Å². The third-order valence-corrected chi connectivity index (χ3v) is 2.42. The van der Waals surface area contributed by atoms with E-state index in [1.165, 1.54) is 0 Å². The highest BCUT2D eigenvalue weighted by Gasteiger charge is 2.20. The second-order valence-electron chi connectivity index (χ2n) is 4.41. The summed E-state index contributed by atoms with van der Waals surface area (Å²) < 4.78 is 0. The summed E-state index contributed by atoms with van der Waals surface area (Å²) in [5, 5.41) is 0. The molecule has 0 aromatic heterocycles. The zero-order valence-electron chi connectivity index (χ0n) is 10.6. The molecule has 0 aromatic carbocycles. The van der Waals surface area contributed by atoms with Crippen LogP contribution in [0.3, 0.4) is 0 Å². The Labute approximate surface area is 93.2 Å². The van der Waals surface area contributed by atoms with E-state index < -0.39 is 0 Å². The lowest BCUT2D eigenvalue weighted by molar-refractivity contribution is -0.113. The fourth-order valence-electron chi connectivity index (χ4n) is 1.42. The zero-order valence-corrected chi connectivity index (χ0v) is 10.6. The van der Waals surface area contributed by atoms with Crippen LogP contribution in [0.5, 0.6) is 0 Å². The van der Waals surface area contributed by atoms with Gasteiger partial charge in [0.05, 0.1) is 0 Å². The van der Waals surface area contributed by atoms with Crippen LogP contribution in [0.4, 0.5) is 0 Å². The minimum Gasteiger partial charge on any atom is -0.398 e. The topological polar surface area (TPSA) is 43.1 Å². The van der Waals surface area contributed by atoms with Crippen molar-refractivity contribution in [2.45, 2.75) is 47.5 Å². The van der Waals surface area contributed by atoms with Gasteiger partial charge in [-0.25, -0.2) is 0 Å². The number of carbonyl (C=O) groups is 1. The summed E-state index contributed by atoms with van der Waals surface area (Å²) in [5.41, 5.74) is 7.32. The van der Waals surface area contributed by atoms with Crippen LogP contribution < -0.4 is 5.73 Å². The second kappa shape index (κ2) is 5.74. The van der Waals surface area contributed by atoms with Crippen molar-refractivity contribution in [2.24, 2.45) is 11.1 Å². The van der Waals surface area contributed by atoms with Gasteiger partial charge in [0.15, 0.2) is 5.78 Å². The molecule has 0 atom stereocenters. The van der Waals surface area contributed by atoms with Crippen LogP contribution in [-0.4, -0.2) is 5.78 Å². The summed E-state index contributed by atoms with van der Waals surface area (Å²) in [6.07, 6.45) is 5.77. The number of hydrogen-bond donors (Lipinski definition) is 1. The molecule has 0 radical (unpaired) electrons. The van der Waals surface area contributed by atoms with Crippen molar-refractivity contribution in [3.63, 3.8) is 0 Å². The number of allylic oxidation sites excluding steroid dienone is 3. The maximum atomic E-state index is 11.2. The number of rotatable bonds is 1. The van der Waals surface area contributed by atoms with Crippen molar-refractivity contribution in [1.82, 2.24) is 0 Å². The molecular weight excluding hydrogens is 186 g/mol. The van der Waals surface area contributed by atoms with Gasteiger partial charge in [0.25, 0.3) is 0 Å². The average molecular weight is 209 g/mol. The number of hydrogen-bond acceptors (Lipinski definition) is 2. The molecule has 86 valence electrons. The Hall–Kier alpha value is -1.05. The lowest BCUT2D eigenvalue weighted by Gasteiger charge is -2.19. The summed E-state index contributed by atoms with van der Waals surface area (Å²) in [6.45, 7) is 9.91. The van der Waals surface area contributed by atoms with Gasteiger partial charge in [0, 0.05) is 11.3 Å². The highest BCUT2D eigenvalue weighted by molar-refractivity contribution is 5.97. The standard InChI is InChI=1S/C11H17NO.C2H6/c1-8(13)9-4-6-11(2,3)7-5-10(9)12;1-2/h4-5H,6-7,12H2,1-3H3;1-2H3. The number of carbonyl (C=O) groups excluding carboxylic acids is 1. The van der Waals surface area contributed by atoms with Crippen molar-refractivity contribution in [3.05, 3.63) is 23.4 Å². The van der Waals surface area contributed by atoms with E-state index in [0.29, 0.717) is 11.3 Å². The van der Waals surface area contributed by atoms with E-state index in [-0.39, 0.29) is 11.2 Å². The fraction of sp³-hybridized carbons (Fsp3) is 0.615. The van der Waals surface area contributed by atoms with E-state index in [1.54, 1.807) is 6.92 Å². The predicted molar refractivity (Wildman–Crippen MR) is 65.4 cm³/mol. The molecule has 1 aliphatic carbocycles. The van der Waals surface area contributed by atoms with E-state index in [4.69, 9.17) is 5.73 Å². The molecule has 0 saturated heterocycles. The van der Waals surface area contributed by atoms with Crippen LogP contribution in [0.1, 0.15) is 47.5 Å². The highest BCUT2D eigenvalue weighted by Crippen LogP contribution is 2.30. The van der Waals surface area contributed by atoms with Gasteiger partial charge in [-0.05, 0) is 25.2 Å². The van der Waals surface area contributed by atoms with Crippen molar-refractivity contribution >= 4 is 5.78 Å². The molecule has 0 aromatic rings. The molecule has 0 unspecified atom stereocenters. The molecule has 0 saturated carbocycles. The first-order valence-electron chi connectivity index (χ1n) is 5.59. The molecule has 15 heavy (non-hydrogen) atoms. The van der Waals surface area contributed by atoms with Crippen LogP contribution in [0.25, 0.3) is 0 Å². The van der Waals surface area contributed by atoms with Crippen molar-refractivity contribution in [3.8, 4) is 0 Å². The summed E-state index contributed by atoms with van der Waals surface area (Å²) in [4.78, 5) is 11.2. The SMILES string of the molecule is CC.CC(=O)C1=CCC(C)(C)CC=C1N. The van der Waals surface area contributed by atoms with Gasteiger partial charge in [-0.1, -0.05) is 39.8 Å². The third-order valence-electron chi connectivity index (χ3n) is 2.42. The van der Waals surface area contributed by atoms with Crippen molar-refractivity contribution in [2.75, 3.05) is 0 Å². The van der Waals surface area contributed by atoms with Gasteiger partial charge >= 0.3 is 0 Å². The second-order valence-corrected chi connectivity index (χ2v) is 4.41. The van der Waals surface area contributed by atoms with Gasteiger partial charge in [-0.15, -0.1) is 0 Å². The first-order chi connectivity index (χ1) is 6.92. The van der Waals surface area contributed by atoms with Crippen LogP contribution >= 0.6 is 0 Å². The Morgan fingerprint density at radius 1 is 1.27 bits per heavy atom. The molecule has 0 spiro atoms. The molecule has 0 amide bonds. The molecule has 0 fully saturated rings. The zero-order chi connectivity index (χ0) is 12.1. The lowest BCUT2D eigenvalue weighted by atomic mass is 9.86. The molecular formula is C13H23NO. The highest BCUT2D eigenvalue weighted by atomic mass is 16.1. The van der Waals surface area contributed by atoms with E-state index in [9.17, 15) is 4.79 Å². The largest absolute Gasteiger partial charge is 0.398 e. The average Bonchev–Trinajstić information content (AvgIpc) is 2.30. The Bertz CT molecular complexity index is 285. The third kappa shape index (κ3) is 4.32. The van der Waals surface area contributed by atoms with Crippen molar-refractivity contribution in [1.29, 1.82) is 0 Å². The Balaban J connectivity index is 0.000000921. The molecule has 1 aliphatic rings.